The number of halogens is 2. The minimum absolute atomic E-state index is 0.00413. The molecule has 1 aliphatic carbocycles. The molecule has 0 saturated heterocycles. The number of hydrogen-bond acceptors (Lipinski definition) is 2. The maximum Gasteiger partial charge on any atom is 0.303 e. The van der Waals surface area contributed by atoms with Crippen LogP contribution in [0.1, 0.15) is 36.3 Å². The second kappa shape index (κ2) is 8.29. The van der Waals surface area contributed by atoms with Crippen LogP contribution in [0.2, 0.25) is 0 Å². The van der Waals surface area contributed by atoms with E-state index in [4.69, 9.17) is 5.11 Å². The first-order valence-electron chi connectivity index (χ1n) is 8.95. The molecule has 2 aromatic rings. The summed E-state index contributed by atoms with van der Waals surface area (Å²) in [5.74, 6) is -3.17. The molecule has 0 radical (unpaired) electrons. The summed E-state index contributed by atoms with van der Waals surface area (Å²) in [6.07, 6.45) is 0.959. The molecule has 1 aliphatic rings. The lowest BCUT2D eigenvalue weighted by atomic mass is 10.1. The zero-order valence-electron chi connectivity index (χ0n) is 14.8. The first kappa shape index (κ1) is 19.0. The molecular formula is C21H21F2NO3. The molecule has 3 rings (SSSR count). The Hall–Kier alpha value is -2.76. The van der Waals surface area contributed by atoms with Gasteiger partial charge in [-0.25, -0.2) is 8.78 Å². The van der Waals surface area contributed by atoms with Crippen molar-refractivity contribution in [3.05, 3.63) is 71.3 Å². The van der Waals surface area contributed by atoms with E-state index in [1.807, 2.05) is 30.3 Å². The average molecular weight is 373 g/mol. The summed E-state index contributed by atoms with van der Waals surface area (Å²) in [6.45, 7) is 0.751. The van der Waals surface area contributed by atoms with Crippen LogP contribution in [0.4, 0.5) is 8.78 Å². The van der Waals surface area contributed by atoms with Crippen molar-refractivity contribution in [2.75, 3.05) is 6.54 Å². The van der Waals surface area contributed by atoms with Gasteiger partial charge in [0.2, 0.25) is 5.91 Å². The fraction of sp³-hybridized carbons (Fsp3) is 0.333. The van der Waals surface area contributed by atoms with Crippen molar-refractivity contribution in [3.8, 4) is 0 Å². The Morgan fingerprint density at radius 2 is 1.81 bits per heavy atom. The van der Waals surface area contributed by atoms with Crippen molar-refractivity contribution in [2.24, 2.45) is 5.92 Å². The van der Waals surface area contributed by atoms with Crippen LogP contribution in [0.5, 0.6) is 0 Å². The molecule has 27 heavy (non-hydrogen) atoms. The molecule has 2 atom stereocenters. The van der Waals surface area contributed by atoms with Crippen molar-refractivity contribution >= 4 is 11.9 Å². The number of aliphatic carboxylic acids is 1. The molecule has 0 heterocycles. The van der Waals surface area contributed by atoms with Crippen molar-refractivity contribution in [2.45, 2.75) is 31.7 Å². The first-order chi connectivity index (χ1) is 13.0. The van der Waals surface area contributed by atoms with Gasteiger partial charge in [0, 0.05) is 25.4 Å². The summed E-state index contributed by atoms with van der Waals surface area (Å²) < 4.78 is 26.6. The number of carbonyl (C=O) groups is 2. The van der Waals surface area contributed by atoms with Crippen LogP contribution in [-0.4, -0.2) is 28.4 Å². The third kappa shape index (κ3) is 4.90. The van der Waals surface area contributed by atoms with Crippen LogP contribution in [0.3, 0.4) is 0 Å². The van der Waals surface area contributed by atoms with E-state index >= 15 is 0 Å². The fourth-order valence-corrected chi connectivity index (χ4v) is 3.31. The molecule has 1 N–H and O–H groups in total. The second-order valence-corrected chi connectivity index (χ2v) is 6.86. The van der Waals surface area contributed by atoms with Gasteiger partial charge in [0.25, 0.3) is 0 Å². The molecule has 0 spiro atoms. The number of rotatable bonds is 8. The van der Waals surface area contributed by atoms with Crippen LogP contribution in [0.15, 0.2) is 48.5 Å². The maximum atomic E-state index is 13.5. The summed E-state index contributed by atoms with van der Waals surface area (Å²) in [5, 5.41) is 8.85. The standard InChI is InChI=1S/C21H21F2NO3/c22-18-9-8-15(11-19(18)23)16-12-17(16)21(27)24(10-4-7-20(25)26)13-14-5-2-1-3-6-14/h1-3,5-6,8-9,11,16-17H,4,7,10,12-13H2,(H,25,26). The third-order valence-corrected chi connectivity index (χ3v) is 4.83. The number of carboxylic acid groups (broad SMARTS) is 1. The smallest absolute Gasteiger partial charge is 0.303 e. The van der Waals surface area contributed by atoms with E-state index in [0.29, 0.717) is 31.5 Å². The summed E-state index contributed by atoms with van der Waals surface area (Å²) in [6, 6.07) is 13.2. The van der Waals surface area contributed by atoms with Gasteiger partial charge in [-0.2, -0.15) is 0 Å². The Balaban J connectivity index is 1.68. The van der Waals surface area contributed by atoms with E-state index in [2.05, 4.69) is 0 Å². The lowest BCUT2D eigenvalue weighted by Gasteiger charge is -2.23. The Kier molecular flexibility index (Phi) is 5.84. The highest BCUT2D eigenvalue weighted by Gasteiger charge is 2.45. The summed E-state index contributed by atoms with van der Waals surface area (Å²) >= 11 is 0. The molecular weight excluding hydrogens is 352 g/mol. The van der Waals surface area contributed by atoms with E-state index in [-0.39, 0.29) is 24.2 Å². The maximum absolute atomic E-state index is 13.5. The fourth-order valence-electron chi connectivity index (χ4n) is 3.31. The molecule has 2 unspecified atom stereocenters. The predicted octanol–water partition coefficient (Wildman–Crippen LogP) is 3.96. The van der Waals surface area contributed by atoms with E-state index in [0.717, 1.165) is 17.7 Å². The highest BCUT2D eigenvalue weighted by molar-refractivity contribution is 5.83. The van der Waals surface area contributed by atoms with Gasteiger partial charge in [-0.3, -0.25) is 9.59 Å². The highest BCUT2D eigenvalue weighted by atomic mass is 19.2. The van der Waals surface area contributed by atoms with Crippen LogP contribution in [0, 0.1) is 17.6 Å². The van der Waals surface area contributed by atoms with Gasteiger partial charge in [-0.1, -0.05) is 36.4 Å². The summed E-state index contributed by atoms with van der Waals surface area (Å²) in [5.41, 5.74) is 1.59. The lowest BCUT2D eigenvalue weighted by molar-refractivity contribution is -0.138. The van der Waals surface area contributed by atoms with Crippen LogP contribution in [-0.2, 0) is 16.1 Å². The molecule has 2 aromatic carbocycles. The number of carbonyl (C=O) groups excluding carboxylic acids is 1. The first-order valence-corrected chi connectivity index (χ1v) is 8.95. The molecule has 142 valence electrons. The molecule has 0 bridgehead atoms. The van der Waals surface area contributed by atoms with Gasteiger partial charge in [-0.05, 0) is 42.0 Å². The number of carboxylic acids is 1. The van der Waals surface area contributed by atoms with Crippen LogP contribution >= 0.6 is 0 Å². The normalized spacial score (nSPS) is 18.1. The van der Waals surface area contributed by atoms with Gasteiger partial charge in [0.15, 0.2) is 11.6 Å². The second-order valence-electron chi connectivity index (χ2n) is 6.86. The minimum Gasteiger partial charge on any atom is -0.481 e. The molecule has 1 amide bonds. The zero-order valence-corrected chi connectivity index (χ0v) is 14.8. The zero-order chi connectivity index (χ0) is 19.4. The van der Waals surface area contributed by atoms with Gasteiger partial charge < -0.3 is 10.0 Å². The molecule has 6 heteroatoms. The van der Waals surface area contributed by atoms with Gasteiger partial charge in [-0.15, -0.1) is 0 Å². The molecule has 0 aromatic heterocycles. The number of nitrogens with zero attached hydrogens (tertiary/aromatic N) is 1. The van der Waals surface area contributed by atoms with E-state index in [1.165, 1.54) is 6.07 Å². The SMILES string of the molecule is O=C(O)CCCN(Cc1ccccc1)C(=O)C1CC1c1ccc(F)c(F)c1. The third-order valence-electron chi connectivity index (χ3n) is 4.83. The lowest BCUT2D eigenvalue weighted by Crippen LogP contribution is -2.33. The Morgan fingerprint density at radius 3 is 2.48 bits per heavy atom. The van der Waals surface area contributed by atoms with Crippen LogP contribution in [0.25, 0.3) is 0 Å². The minimum atomic E-state index is -0.909. The average Bonchev–Trinajstić information content (AvgIpc) is 3.44. The summed E-state index contributed by atoms with van der Waals surface area (Å²) in [7, 11) is 0. The quantitative estimate of drug-likeness (QED) is 0.762. The van der Waals surface area contributed by atoms with Crippen molar-refractivity contribution in [3.63, 3.8) is 0 Å². The number of hydrogen-bond donors (Lipinski definition) is 1. The molecule has 4 nitrogen and oxygen atoms in total. The Morgan fingerprint density at radius 1 is 1.07 bits per heavy atom. The van der Waals surface area contributed by atoms with E-state index in [9.17, 15) is 18.4 Å². The molecule has 1 saturated carbocycles. The van der Waals surface area contributed by atoms with E-state index < -0.39 is 17.6 Å². The predicted molar refractivity (Wildman–Crippen MR) is 95.9 cm³/mol. The Labute approximate surface area is 156 Å². The monoisotopic (exact) mass is 373 g/mol. The van der Waals surface area contributed by atoms with Crippen molar-refractivity contribution < 1.29 is 23.5 Å². The van der Waals surface area contributed by atoms with Crippen molar-refractivity contribution in [1.29, 1.82) is 0 Å². The van der Waals surface area contributed by atoms with Crippen molar-refractivity contribution in [1.82, 2.24) is 4.90 Å². The van der Waals surface area contributed by atoms with Gasteiger partial charge in [0.05, 0.1) is 0 Å². The molecule has 1 fully saturated rings. The highest BCUT2D eigenvalue weighted by Crippen LogP contribution is 2.48. The van der Waals surface area contributed by atoms with Gasteiger partial charge >= 0.3 is 5.97 Å². The topological polar surface area (TPSA) is 57.6 Å². The largest absolute Gasteiger partial charge is 0.481 e. The van der Waals surface area contributed by atoms with E-state index in [1.54, 1.807) is 4.90 Å². The number of benzene rings is 2. The van der Waals surface area contributed by atoms with Crippen LogP contribution < -0.4 is 0 Å². The summed E-state index contributed by atoms with van der Waals surface area (Å²) in [4.78, 5) is 25.4. The van der Waals surface area contributed by atoms with Gasteiger partial charge in [0.1, 0.15) is 0 Å². The Bertz CT molecular complexity index is 825. The number of amides is 1. The molecule has 0 aliphatic heterocycles.